The van der Waals surface area contributed by atoms with Crippen molar-refractivity contribution in [2.75, 3.05) is 7.11 Å². The van der Waals surface area contributed by atoms with E-state index in [1.807, 2.05) is 20.0 Å². The van der Waals surface area contributed by atoms with Crippen LogP contribution in [0, 0.1) is 18.3 Å². The average molecular weight is 269 g/mol. The summed E-state index contributed by atoms with van der Waals surface area (Å²) in [6, 6.07) is 8.28. The molecular formula is C16H19N3O. The smallest absolute Gasteiger partial charge is 0.148 e. The van der Waals surface area contributed by atoms with Gasteiger partial charge in [0.25, 0.3) is 0 Å². The van der Waals surface area contributed by atoms with Crippen LogP contribution in [0.5, 0.6) is 5.75 Å². The lowest BCUT2D eigenvalue weighted by molar-refractivity contribution is 0.416. The minimum absolute atomic E-state index is 0.412. The Morgan fingerprint density at radius 2 is 2.05 bits per heavy atom. The normalized spacial score (nSPS) is 10.7. The van der Waals surface area contributed by atoms with Crippen LogP contribution >= 0.6 is 0 Å². The largest absolute Gasteiger partial charge is 0.496 e. The number of ether oxygens (including phenoxy) is 1. The molecule has 0 spiro atoms. The van der Waals surface area contributed by atoms with E-state index in [1.54, 1.807) is 11.7 Å². The number of nitrogens with zero attached hydrogens (tertiary/aromatic N) is 3. The van der Waals surface area contributed by atoms with E-state index >= 15 is 0 Å². The summed E-state index contributed by atoms with van der Waals surface area (Å²) >= 11 is 0. The van der Waals surface area contributed by atoms with E-state index < -0.39 is 0 Å². The molecule has 0 atom stereocenters. The third-order valence-corrected chi connectivity index (χ3v) is 3.57. The number of rotatable bonds is 3. The molecule has 0 saturated carbocycles. The van der Waals surface area contributed by atoms with Gasteiger partial charge in [-0.1, -0.05) is 19.9 Å². The summed E-state index contributed by atoms with van der Waals surface area (Å²) in [5, 5.41) is 9.36. The van der Waals surface area contributed by atoms with E-state index in [4.69, 9.17) is 4.74 Å². The van der Waals surface area contributed by atoms with Gasteiger partial charge in [0.1, 0.15) is 29.0 Å². The lowest BCUT2D eigenvalue weighted by Gasteiger charge is -2.11. The highest BCUT2D eigenvalue weighted by Gasteiger charge is 2.18. The summed E-state index contributed by atoms with van der Waals surface area (Å²) in [6.07, 6.45) is 0. The zero-order valence-electron chi connectivity index (χ0n) is 12.6. The molecule has 0 aliphatic carbocycles. The number of aryl methyl sites for hydroxylation is 1. The molecule has 0 radical (unpaired) electrons. The van der Waals surface area contributed by atoms with Crippen molar-refractivity contribution in [1.29, 1.82) is 5.26 Å². The minimum Gasteiger partial charge on any atom is -0.496 e. The number of methoxy groups -OCH3 is 1. The van der Waals surface area contributed by atoms with Gasteiger partial charge in [-0.25, -0.2) is 4.98 Å². The van der Waals surface area contributed by atoms with Crippen LogP contribution in [0.25, 0.3) is 11.3 Å². The molecule has 1 heterocycles. The Labute approximate surface area is 119 Å². The first-order valence-electron chi connectivity index (χ1n) is 6.61. The molecule has 0 saturated heterocycles. The fraction of sp³-hybridized carbons (Fsp3) is 0.375. The number of aromatic nitrogens is 2. The van der Waals surface area contributed by atoms with E-state index in [9.17, 15) is 5.26 Å². The van der Waals surface area contributed by atoms with Crippen molar-refractivity contribution in [3.8, 4) is 23.1 Å². The molecule has 4 heteroatoms. The number of imidazole rings is 1. The Morgan fingerprint density at radius 3 is 2.60 bits per heavy atom. The van der Waals surface area contributed by atoms with Crippen LogP contribution in [0.1, 0.15) is 36.8 Å². The molecule has 0 bridgehead atoms. The van der Waals surface area contributed by atoms with Crippen LogP contribution in [0.15, 0.2) is 18.2 Å². The zero-order chi connectivity index (χ0) is 14.9. The number of benzene rings is 1. The topological polar surface area (TPSA) is 50.8 Å². The third-order valence-electron chi connectivity index (χ3n) is 3.57. The summed E-state index contributed by atoms with van der Waals surface area (Å²) in [6.45, 7) is 6.17. The minimum atomic E-state index is 0.412. The molecule has 0 unspecified atom stereocenters. The first-order valence-corrected chi connectivity index (χ1v) is 6.61. The van der Waals surface area contributed by atoms with Gasteiger partial charge < -0.3 is 9.30 Å². The van der Waals surface area contributed by atoms with Gasteiger partial charge in [0.15, 0.2) is 0 Å². The zero-order valence-corrected chi connectivity index (χ0v) is 12.6. The van der Waals surface area contributed by atoms with Gasteiger partial charge in [0.05, 0.1) is 7.11 Å². The van der Waals surface area contributed by atoms with Crippen molar-refractivity contribution in [3.63, 3.8) is 0 Å². The van der Waals surface area contributed by atoms with E-state index in [1.165, 1.54) is 5.56 Å². The van der Waals surface area contributed by atoms with E-state index in [0.29, 0.717) is 17.3 Å². The maximum Gasteiger partial charge on any atom is 0.148 e. The quantitative estimate of drug-likeness (QED) is 0.858. The van der Waals surface area contributed by atoms with Crippen molar-refractivity contribution in [1.82, 2.24) is 9.55 Å². The monoisotopic (exact) mass is 269 g/mol. The van der Waals surface area contributed by atoms with Crippen LogP contribution < -0.4 is 4.74 Å². The van der Waals surface area contributed by atoms with Gasteiger partial charge in [0.2, 0.25) is 0 Å². The van der Waals surface area contributed by atoms with Gasteiger partial charge in [-0.3, -0.25) is 0 Å². The number of hydrogen-bond donors (Lipinski definition) is 0. The summed E-state index contributed by atoms with van der Waals surface area (Å²) < 4.78 is 7.23. The molecule has 1 aromatic heterocycles. The fourth-order valence-corrected chi connectivity index (χ4v) is 2.20. The van der Waals surface area contributed by atoms with Crippen LogP contribution in [0.2, 0.25) is 0 Å². The SMILES string of the molecule is COc1ccc(C(C)C)cc1-c1nc(C)n(C)c1C#N. The predicted molar refractivity (Wildman–Crippen MR) is 78.7 cm³/mol. The highest BCUT2D eigenvalue weighted by Crippen LogP contribution is 2.34. The van der Waals surface area contributed by atoms with Crippen molar-refractivity contribution in [2.24, 2.45) is 7.05 Å². The molecule has 0 amide bonds. The maximum atomic E-state index is 9.36. The van der Waals surface area contributed by atoms with Crippen molar-refractivity contribution in [2.45, 2.75) is 26.7 Å². The van der Waals surface area contributed by atoms with Crippen LogP contribution in [-0.4, -0.2) is 16.7 Å². The lowest BCUT2D eigenvalue weighted by Crippen LogP contribution is -1.96. The van der Waals surface area contributed by atoms with E-state index in [-0.39, 0.29) is 0 Å². The van der Waals surface area contributed by atoms with Crippen molar-refractivity contribution >= 4 is 0 Å². The first-order chi connectivity index (χ1) is 9.49. The Morgan fingerprint density at radius 1 is 1.35 bits per heavy atom. The molecule has 0 N–H and O–H groups in total. The Balaban J connectivity index is 2.71. The molecule has 0 aliphatic rings. The van der Waals surface area contributed by atoms with Crippen molar-refractivity contribution < 1.29 is 4.74 Å². The summed E-state index contributed by atoms with van der Waals surface area (Å²) in [5.41, 5.74) is 3.32. The third kappa shape index (κ3) is 2.27. The second kappa shape index (κ2) is 5.38. The molecule has 1 aromatic carbocycles. The second-order valence-electron chi connectivity index (χ2n) is 5.14. The summed E-state index contributed by atoms with van der Waals surface area (Å²) in [5.74, 6) is 1.97. The predicted octanol–water partition coefficient (Wildman–Crippen LogP) is 3.40. The summed E-state index contributed by atoms with van der Waals surface area (Å²) in [7, 11) is 3.49. The first kappa shape index (κ1) is 14.1. The molecule has 4 nitrogen and oxygen atoms in total. The van der Waals surface area contributed by atoms with Gasteiger partial charge in [0, 0.05) is 12.6 Å². The molecule has 0 aliphatic heterocycles. The second-order valence-corrected chi connectivity index (χ2v) is 5.14. The molecule has 2 aromatic rings. The number of hydrogen-bond acceptors (Lipinski definition) is 3. The summed E-state index contributed by atoms with van der Waals surface area (Å²) in [4.78, 5) is 4.52. The van der Waals surface area contributed by atoms with E-state index in [0.717, 1.165) is 17.1 Å². The highest BCUT2D eigenvalue weighted by atomic mass is 16.5. The van der Waals surface area contributed by atoms with Gasteiger partial charge in [-0.2, -0.15) is 5.26 Å². The number of nitriles is 1. The van der Waals surface area contributed by atoms with Gasteiger partial charge >= 0.3 is 0 Å². The van der Waals surface area contributed by atoms with Crippen molar-refractivity contribution in [3.05, 3.63) is 35.3 Å². The van der Waals surface area contributed by atoms with Gasteiger partial charge in [-0.15, -0.1) is 0 Å². The van der Waals surface area contributed by atoms with E-state index in [2.05, 4.69) is 37.0 Å². The Kier molecular flexibility index (Phi) is 3.80. The van der Waals surface area contributed by atoms with Crippen LogP contribution in [0.4, 0.5) is 0 Å². The van der Waals surface area contributed by atoms with Crippen LogP contribution in [0.3, 0.4) is 0 Å². The molecular weight excluding hydrogens is 250 g/mol. The maximum absolute atomic E-state index is 9.36. The molecule has 0 fully saturated rings. The van der Waals surface area contributed by atoms with Gasteiger partial charge in [-0.05, 0) is 30.5 Å². The molecule has 2 rings (SSSR count). The molecule has 20 heavy (non-hydrogen) atoms. The molecule has 104 valence electrons. The van der Waals surface area contributed by atoms with Crippen LogP contribution in [-0.2, 0) is 7.05 Å². The average Bonchev–Trinajstić information content (AvgIpc) is 2.73. The lowest BCUT2D eigenvalue weighted by atomic mass is 9.98. The standard InChI is InChI=1S/C16H19N3O/c1-10(2)12-6-7-15(20-5)13(8-12)16-14(9-17)19(4)11(3)18-16/h6-8,10H,1-5H3. The Hall–Kier alpha value is -2.28. The Bertz CT molecular complexity index is 678. The fourth-order valence-electron chi connectivity index (χ4n) is 2.20. The highest BCUT2D eigenvalue weighted by molar-refractivity contribution is 5.72.